The Labute approximate surface area is 143 Å². The van der Waals surface area contributed by atoms with Gasteiger partial charge in [-0.3, -0.25) is 0 Å². The molecule has 0 heterocycles. The van der Waals surface area contributed by atoms with Crippen LogP contribution >= 0.6 is 11.8 Å². The SMILES string of the molecule is CC(C)(C)c1ccccc1Sc1ccc(-c2ccccc2)cc1. The maximum Gasteiger partial charge on any atom is 0.0159 e. The van der Waals surface area contributed by atoms with E-state index in [1.165, 1.54) is 26.5 Å². The van der Waals surface area contributed by atoms with Crippen LogP contribution in [0.5, 0.6) is 0 Å². The number of hydrogen-bond donors (Lipinski definition) is 0. The third-order valence-electron chi connectivity index (χ3n) is 3.88. The van der Waals surface area contributed by atoms with Gasteiger partial charge in [0.05, 0.1) is 0 Å². The van der Waals surface area contributed by atoms with Gasteiger partial charge in [-0.15, -0.1) is 0 Å². The Hall–Kier alpha value is -1.99. The van der Waals surface area contributed by atoms with Crippen molar-refractivity contribution >= 4 is 11.8 Å². The molecule has 0 aliphatic rings. The molecule has 0 fully saturated rings. The summed E-state index contributed by atoms with van der Waals surface area (Å²) in [5.74, 6) is 0. The van der Waals surface area contributed by atoms with E-state index in [0.717, 1.165) is 0 Å². The van der Waals surface area contributed by atoms with Crippen molar-refractivity contribution in [1.29, 1.82) is 0 Å². The summed E-state index contributed by atoms with van der Waals surface area (Å²) in [5, 5.41) is 0. The third kappa shape index (κ3) is 3.86. The Bertz CT molecular complexity index is 765. The van der Waals surface area contributed by atoms with Gasteiger partial charge in [0.2, 0.25) is 0 Å². The highest BCUT2D eigenvalue weighted by atomic mass is 32.2. The molecule has 0 aliphatic carbocycles. The Balaban J connectivity index is 1.85. The predicted molar refractivity (Wildman–Crippen MR) is 101 cm³/mol. The molecule has 0 N–H and O–H groups in total. The minimum absolute atomic E-state index is 0.160. The minimum atomic E-state index is 0.160. The summed E-state index contributed by atoms with van der Waals surface area (Å²) >= 11 is 1.84. The molecule has 0 spiro atoms. The van der Waals surface area contributed by atoms with Crippen molar-refractivity contribution in [3.8, 4) is 11.1 Å². The molecule has 0 bridgehead atoms. The van der Waals surface area contributed by atoms with Crippen LogP contribution in [-0.4, -0.2) is 0 Å². The van der Waals surface area contributed by atoms with E-state index in [1.54, 1.807) is 0 Å². The lowest BCUT2D eigenvalue weighted by atomic mass is 9.87. The molecule has 0 saturated carbocycles. The van der Waals surface area contributed by atoms with Gasteiger partial charge in [0.25, 0.3) is 0 Å². The first-order valence-electron chi connectivity index (χ1n) is 7.97. The van der Waals surface area contributed by atoms with Crippen molar-refractivity contribution in [2.24, 2.45) is 0 Å². The average Bonchev–Trinajstić information content (AvgIpc) is 2.56. The first-order chi connectivity index (χ1) is 11.0. The zero-order valence-electron chi connectivity index (χ0n) is 13.9. The predicted octanol–water partition coefficient (Wildman–Crippen LogP) is 6.80. The Kier molecular flexibility index (Phi) is 4.58. The minimum Gasteiger partial charge on any atom is -0.0898 e. The van der Waals surface area contributed by atoms with Gasteiger partial charge in [-0.25, -0.2) is 0 Å². The van der Waals surface area contributed by atoms with E-state index in [4.69, 9.17) is 0 Å². The second kappa shape index (κ2) is 6.64. The molecular formula is C22H22S. The number of hydrogen-bond acceptors (Lipinski definition) is 1. The fourth-order valence-electron chi connectivity index (χ4n) is 2.65. The van der Waals surface area contributed by atoms with Gasteiger partial charge < -0.3 is 0 Å². The van der Waals surface area contributed by atoms with Crippen molar-refractivity contribution in [2.75, 3.05) is 0 Å². The van der Waals surface area contributed by atoms with E-state index in [2.05, 4.69) is 99.6 Å². The summed E-state index contributed by atoms with van der Waals surface area (Å²) in [6.07, 6.45) is 0. The molecule has 3 aromatic rings. The van der Waals surface area contributed by atoms with Crippen molar-refractivity contribution in [1.82, 2.24) is 0 Å². The van der Waals surface area contributed by atoms with Crippen LogP contribution in [0.4, 0.5) is 0 Å². The molecule has 0 nitrogen and oxygen atoms in total. The quantitative estimate of drug-likeness (QED) is 0.511. The van der Waals surface area contributed by atoms with Gasteiger partial charge >= 0.3 is 0 Å². The summed E-state index contributed by atoms with van der Waals surface area (Å²) < 4.78 is 0. The molecular weight excluding hydrogens is 296 g/mol. The van der Waals surface area contributed by atoms with E-state index in [0.29, 0.717) is 0 Å². The Morgan fingerprint density at radius 1 is 0.609 bits per heavy atom. The zero-order chi connectivity index (χ0) is 16.3. The molecule has 1 heteroatoms. The van der Waals surface area contributed by atoms with Crippen LogP contribution in [0.3, 0.4) is 0 Å². The fourth-order valence-corrected chi connectivity index (χ4v) is 3.81. The molecule has 3 aromatic carbocycles. The van der Waals surface area contributed by atoms with E-state index in [-0.39, 0.29) is 5.41 Å². The van der Waals surface area contributed by atoms with Gasteiger partial charge in [-0.1, -0.05) is 93.2 Å². The maximum absolute atomic E-state index is 2.27. The standard InChI is InChI=1S/C22H22S/c1-22(2,3)20-11-7-8-12-21(20)23-19-15-13-18(14-16-19)17-9-5-4-6-10-17/h4-16H,1-3H3. The van der Waals surface area contributed by atoms with Crippen LogP contribution in [0.1, 0.15) is 26.3 Å². The molecule has 0 saturated heterocycles. The normalized spacial score (nSPS) is 11.4. The van der Waals surface area contributed by atoms with Gasteiger partial charge in [-0.2, -0.15) is 0 Å². The highest BCUT2D eigenvalue weighted by Gasteiger charge is 2.17. The lowest BCUT2D eigenvalue weighted by molar-refractivity contribution is 0.578. The highest BCUT2D eigenvalue weighted by molar-refractivity contribution is 7.99. The van der Waals surface area contributed by atoms with Gasteiger partial charge in [0.1, 0.15) is 0 Å². The lowest BCUT2D eigenvalue weighted by Crippen LogP contribution is -2.12. The highest BCUT2D eigenvalue weighted by Crippen LogP contribution is 2.36. The summed E-state index contributed by atoms with van der Waals surface area (Å²) in [5.41, 5.74) is 4.09. The molecule has 23 heavy (non-hydrogen) atoms. The monoisotopic (exact) mass is 318 g/mol. The van der Waals surface area contributed by atoms with Crippen LogP contribution in [0.25, 0.3) is 11.1 Å². The summed E-state index contributed by atoms with van der Waals surface area (Å²) in [7, 11) is 0. The second-order valence-corrected chi connectivity index (χ2v) is 7.85. The largest absolute Gasteiger partial charge is 0.0898 e. The van der Waals surface area contributed by atoms with E-state index in [1.807, 2.05) is 11.8 Å². The van der Waals surface area contributed by atoms with Gasteiger partial charge in [0.15, 0.2) is 0 Å². The molecule has 0 radical (unpaired) electrons. The van der Waals surface area contributed by atoms with E-state index in [9.17, 15) is 0 Å². The van der Waals surface area contributed by atoms with Crippen molar-refractivity contribution in [3.63, 3.8) is 0 Å². The lowest BCUT2D eigenvalue weighted by Gasteiger charge is -2.22. The molecule has 0 aliphatic heterocycles. The van der Waals surface area contributed by atoms with Crippen LogP contribution < -0.4 is 0 Å². The molecule has 0 aromatic heterocycles. The zero-order valence-corrected chi connectivity index (χ0v) is 14.7. The topological polar surface area (TPSA) is 0 Å². The Morgan fingerprint density at radius 2 is 1.17 bits per heavy atom. The van der Waals surface area contributed by atoms with E-state index < -0.39 is 0 Å². The number of benzene rings is 3. The van der Waals surface area contributed by atoms with Crippen molar-refractivity contribution < 1.29 is 0 Å². The molecule has 116 valence electrons. The summed E-state index contributed by atoms with van der Waals surface area (Å²) in [6.45, 7) is 6.81. The van der Waals surface area contributed by atoms with E-state index >= 15 is 0 Å². The van der Waals surface area contributed by atoms with Crippen LogP contribution in [0.15, 0.2) is 88.7 Å². The molecule has 0 atom stereocenters. The van der Waals surface area contributed by atoms with Crippen LogP contribution in [0.2, 0.25) is 0 Å². The summed E-state index contributed by atoms with van der Waals surface area (Å²) in [6, 6.07) is 28.1. The average molecular weight is 318 g/mol. The molecule has 0 unspecified atom stereocenters. The first kappa shape index (κ1) is 15.9. The number of rotatable bonds is 3. The molecule has 3 rings (SSSR count). The smallest absolute Gasteiger partial charge is 0.0159 e. The first-order valence-corrected chi connectivity index (χ1v) is 8.78. The fraction of sp³-hybridized carbons (Fsp3) is 0.182. The summed E-state index contributed by atoms with van der Waals surface area (Å²) in [4.78, 5) is 2.62. The van der Waals surface area contributed by atoms with Gasteiger partial charge in [-0.05, 0) is 40.3 Å². The molecule has 0 amide bonds. The maximum atomic E-state index is 2.27. The van der Waals surface area contributed by atoms with Crippen molar-refractivity contribution in [3.05, 3.63) is 84.4 Å². The van der Waals surface area contributed by atoms with Crippen molar-refractivity contribution in [2.45, 2.75) is 36.0 Å². The second-order valence-electron chi connectivity index (χ2n) is 6.74. The van der Waals surface area contributed by atoms with Crippen LogP contribution in [0, 0.1) is 0 Å². The van der Waals surface area contributed by atoms with Gasteiger partial charge in [0, 0.05) is 9.79 Å². The third-order valence-corrected chi connectivity index (χ3v) is 4.97. The Morgan fingerprint density at radius 3 is 1.83 bits per heavy atom. The van der Waals surface area contributed by atoms with Crippen LogP contribution in [-0.2, 0) is 5.41 Å².